The van der Waals surface area contributed by atoms with Crippen LogP contribution >= 0.6 is 0 Å². The van der Waals surface area contributed by atoms with Gasteiger partial charge in [-0.15, -0.1) is 0 Å². The van der Waals surface area contributed by atoms with Crippen molar-refractivity contribution in [2.75, 3.05) is 170 Å². The van der Waals surface area contributed by atoms with Gasteiger partial charge in [0.2, 0.25) is 35.4 Å². The summed E-state index contributed by atoms with van der Waals surface area (Å²) in [7, 11) is 2.11. The predicted octanol–water partition coefficient (Wildman–Crippen LogP) is 11.8. The number of carbonyl (C=O) groups is 8. The maximum atomic E-state index is 13.6. The lowest BCUT2D eigenvalue weighted by Gasteiger charge is -2.31. The number of aryl methyl sites for hydroxylation is 6. The maximum absolute atomic E-state index is 13.6. The Balaban J connectivity index is 0.000000179. The number of anilines is 6. The quantitative estimate of drug-likeness (QED) is 0.0443. The highest BCUT2D eigenvalue weighted by Crippen LogP contribution is 2.25. The van der Waals surface area contributed by atoms with Crippen molar-refractivity contribution >= 4 is 81.1 Å². The van der Waals surface area contributed by atoms with Crippen molar-refractivity contribution in [3.63, 3.8) is 0 Å². The van der Waals surface area contributed by atoms with Gasteiger partial charge in [0, 0.05) is 85.7 Å². The number of halogens is 1. The first-order chi connectivity index (χ1) is 51.2. The van der Waals surface area contributed by atoms with Crippen LogP contribution in [0.5, 0.6) is 0 Å². The first-order valence-electron chi connectivity index (χ1n) is 38.2. The van der Waals surface area contributed by atoms with Gasteiger partial charge in [-0.2, -0.15) is 0 Å². The molecule has 6 heterocycles. The number of likely N-dealkylation sites (N-methyl/N-ethyl adjacent to an activating group) is 1. The van der Waals surface area contributed by atoms with Crippen LogP contribution < -0.4 is 31.9 Å². The van der Waals surface area contributed by atoms with Crippen molar-refractivity contribution in [2.24, 2.45) is 5.92 Å². The van der Waals surface area contributed by atoms with Gasteiger partial charge in [0.25, 0.3) is 0 Å². The van der Waals surface area contributed by atoms with Crippen molar-refractivity contribution in [3.05, 3.63) is 179 Å². The van der Waals surface area contributed by atoms with E-state index in [0.717, 1.165) is 137 Å². The Morgan fingerprint density at radius 2 is 0.617 bits per heavy atom. The summed E-state index contributed by atoms with van der Waals surface area (Å²) in [5.74, 6) is 0.801. The molecule has 1 atom stereocenters. The van der Waals surface area contributed by atoms with Crippen LogP contribution in [0.15, 0.2) is 146 Å². The van der Waals surface area contributed by atoms with E-state index >= 15 is 0 Å². The van der Waals surface area contributed by atoms with Gasteiger partial charge in [0.1, 0.15) is 17.2 Å². The summed E-state index contributed by atoms with van der Waals surface area (Å²) in [5.41, 5.74) is 11.0. The molecule has 21 nitrogen and oxygen atoms in total. The SMILES string of the molecule is CC(=O)C1CCN(CC(=O)Nc2ccc(C)cc2)CC1.Cc1ccc(NC(=O)CN2CCC(C)(F)C2)cc1.Cc1ccc(NC(=O)CN2CCCC(=O)C2)cc1.Cc1ccc(NC(=O)CN2CCCC2)cc1.Cc1ccc(NC(=O)CN2CCCCC2)cc1.Cc1ccc(NC(=O)CN2CCN(C)CC2)cc1. The Hall–Kier alpha value is -8.87. The van der Waals surface area contributed by atoms with E-state index < -0.39 is 5.67 Å². The number of carbonyl (C=O) groups excluding carboxylic acids is 8. The summed E-state index contributed by atoms with van der Waals surface area (Å²) in [6, 6.07) is 46.8. The molecule has 1 unspecified atom stereocenters. The standard InChI is InChI=1S/C16H22N2O2.C14H19FN2O.C14H21N3O.C14H18N2O2.C14H20N2O.C13H18N2O/c1-12-3-5-15(6-4-12)17-16(20)11-18-9-7-14(8-10-18)13(2)19;1-11-3-5-12(6-4-11)16-13(18)9-17-8-7-14(2,15)10-17;1-12-3-5-13(6-4-12)15-14(18)11-17-9-7-16(2)8-10-17;1-11-4-6-12(7-5-11)15-14(18)10-16-8-2-3-13(17)9-16;1-12-5-7-13(8-6-12)15-14(17)11-16-9-3-2-4-10-16;1-11-4-6-12(7-5-11)14-13(16)10-15-8-2-3-9-15/h3-6,14H,7-11H2,1-2H3,(H,17,20);3-6H,7-10H2,1-2H3,(H,16,18);3-6H,7-11H2,1-2H3,(H,15,18);4-7H,2-3,8-10H2,1H3,(H,15,18);5-8H,2-4,9-11H2,1H3,(H,15,17);4-7H,2-3,8-10H2,1H3,(H,14,16). The van der Waals surface area contributed by atoms with Gasteiger partial charge in [-0.1, -0.05) is 113 Å². The number of nitrogens with one attached hydrogen (secondary N) is 6. The van der Waals surface area contributed by atoms with Gasteiger partial charge in [-0.3, -0.25) is 67.8 Å². The van der Waals surface area contributed by atoms with Crippen molar-refractivity contribution < 1.29 is 42.7 Å². The molecule has 6 aromatic rings. The lowest BCUT2D eigenvalue weighted by Crippen LogP contribution is -2.47. The van der Waals surface area contributed by atoms with Gasteiger partial charge in [-0.25, -0.2) is 4.39 Å². The van der Waals surface area contributed by atoms with Crippen molar-refractivity contribution in [3.8, 4) is 0 Å². The van der Waals surface area contributed by atoms with Crippen LogP contribution in [0.3, 0.4) is 0 Å². The second kappa shape index (κ2) is 45.1. The molecule has 0 spiro atoms. The lowest BCUT2D eigenvalue weighted by molar-refractivity contribution is -0.124. The number of alkyl halides is 1. The van der Waals surface area contributed by atoms with Gasteiger partial charge in [0.15, 0.2) is 0 Å². The topological polar surface area (TPSA) is 231 Å². The molecule has 0 radical (unpaired) electrons. The van der Waals surface area contributed by atoms with E-state index in [1.54, 1.807) is 13.8 Å². The minimum absolute atomic E-state index is 0.00938. The fraction of sp³-hybridized carbons (Fsp3) is 0.482. The molecule has 6 saturated heterocycles. The third-order valence-corrected chi connectivity index (χ3v) is 19.5. The first-order valence-corrected chi connectivity index (χ1v) is 38.2. The number of ketones is 2. The molecule has 6 amide bonds. The molecule has 6 fully saturated rings. The lowest BCUT2D eigenvalue weighted by atomic mass is 9.93. The van der Waals surface area contributed by atoms with Gasteiger partial charge < -0.3 is 36.8 Å². The summed E-state index contributed by atoms with van der Waals surface area (Å²) >= 11 is 0. The Labute approximate surface area is 635 Å². The number of piperazine rings is 1. The van der Waals surface area contributed by atoms with Crippen LogP contribution in [0.1, 0.15) is 111 Å². The molecule has 0 bridgehead atoms. The third-order valence-electron chi connectivity index (χ3n) is 19.5. The van der Waals surface area contributed by atoms with E-state index in [1.807, 2.05) is 197 Å². The summed E-state index contributed by atoms with van der Waals surface area (Å²) < 4.78 is 13.6. The third kappa shape index (κ3) is 34.7. The molecule has 22 heteroatoms. The molecule has 6 aromatic carbocycles. The summed E-state index contributed by atoms with van der Waals surface area (Å²) in [6.07, 6.45) is 9.93. The highest BCUT2D eigenvalue weighted by molar-refractivity contribution is 5.95. The number of likely N-dealkylation sites (tertiary alicyclic amines) is 5. The zero-order valence-electron chi connectivity index (χ0n) is 64.9. The monoisotopic (exact) mass is 1470 g/mol. The molecule has 578 valence electrons. The average molecular weight is 1470 g/mol. The zero-order chi connectivity index (χ0) is 77.1. The van der Waals surface area contributed by atoms with Gasteiger partial charge >= 0.3 is 0 Å². The number of Topliss-reactive ketones (excluding diaryl/α,β-unsaturated/α-hetero) is 2. The zero-order valence-corrected chi connectivity index (χ0v) is 64.9. The second-order valence-electron chi connectivity index (χ2n) is 29.8. The summed E-state index contributed by atoms with van der Waals surface area (Å²) in [5, 5.41) is 17.3. The van der Waals surface area contributed by atoms with Crippen molar-refractivity contribution in [1.82, 2.24) is 34.3 Å². The summed E-state index contributed by atoms with van der Waals surface area (Å²) in [6.45, 7) is 30.0. The van der Waals surface area contributed by atoms with E-state index in [0.29, 0.717) is 65.2 Å². The van der Waals surface area contributed by atoms with E-state index in [1.165, 1.54) is 54.4 Å². The Morgan fingerprint density at radius 3 is 0.897 bits per heavy atom. The summed E-state index contributed by atoms with van der Waals surface area (Å²) in [4.78, 5) is 108. The van der Waals surface area contributed by atoms with E-state index in [-0.39, 0.29) is 59.5 Å². The molecular weight excluding hydrogens is 1350 g/mol. The molecule has 6 aliphatic heterocycles. The number of hydrogen-bond acceptors (Lipinski definition) is 15. The first kappa shape index (κ1) is 85.4. The Morgan fingerprint density at radius 1 is 0.355 bits per heavy atom. The average Bonchev–Trinajstić information content (AvgIpc) is 1.85. The van der Waals surface area contributed by atoms with E-state index in [4.69, 9.17) is 0 Å². The fourth-order valence-corrected chi connectivity index (χ4v) is 13.0. The van der Waals surface area contributed by atoms with E-state index in [9.17, 15) is 42.7 Å². The van der Waals surface area contributed by atoms with Crippen LogP contribution in [0.25, 0.3) is 0 Å². The number of benzene rings is 6. The molecule has 0 aliphatic carbocycles. The minimum atomic E-state index is -1.15. The smallest absolute Gasteiger partial charge is 0.238 e. The van der Waals surface area contributed by atoms with Gasteiger partial charge in [-0.05, 0) is 232 Å². The molecule has 12 rings (SSSR count). The van der Waals surface area contributed by atoms with Crippen LogP contribution in [0.4, 0.5) is 38.5 Å². The molecule has 6 aliphatic rings. The number of piperidine rings is 3. The molecule has 0 aromatic heterocycles. The number of nitrogens with zero attached hydrogens (tertiary/aromatic N) is 7. The van der Waals surface area contributed by atoms with Gasteiger partial charge in [0.05, 0.1) is 45.8 Å². The van der Waals surface area contributed by atoms with Crippen LogP contribution in [0.2, 0.25) is 0 Å². The number of hydrogen-bond donors (Lipinski definition) is 6. The largest absolute Gasteiger partial charge is 0.325 e. The van der Waals surface area contributed by atoms with Crippen LogP contribution in [0, 0.1) is 47.5 Å². The molecule has 0 saturated carbocycles. The number of amides is 6. The normalized spacial score (nSPS) is 18.1. The van der Waals surface area contributed by atoms with E-state index in [2.05, 4.69) is 63.4 Å². The van der Waals surface area contributed by atoms with Crippen LogP contribution in [-0.4, -0.2) is 225 Å². The minimum Gasteiger partial charge on any atom is -0.325 e. The maximum Gasteiger partial charge on any atom is 0.238 e. The Bertz CT molecular complexity index is 3720. The van der Waals surface area contributed by atoms with Crippen molar-refractivity contribution in [2.45, 2.75) is 125 Å². The molecule has 6 N–H and O–H groups in total. The second-order valence-corrected chi connectivity index (χ2v) is 29.8. The molecular formula is C85H118FN13O8. The highest BCUT2D eigenvalue weighted by atomic mass is 19.1. The Kier molecular flexibility index (Phi) is 36.0. The fourth-order valence-electron chi connectivity index (χ4n) is 13.0. The highest BCUT2D eigenvalue weighted by Gasteiger charge is 2.34. The van der Waals surface area contributed by atoms with Crippen LogP contribution in [-0.2, 0) is 38.4 Å². The van der Waals surface area contributed by atoms with Crippen molar-refractivity contribution in [1.29, 1.82) is 0 Å². The molecule has 107 heavy (non-hydrogen) atoms. The number of rotatable bonds is 19. The predicted molar refractivity (Wildman–Crippen MR) is 430 cm³/mol.